The van der Waals surface area contributed by atoms with Gasteiger partial charge in [-0.05, 0) is 60.5 Å². The number of carbonyl (C=O) groups excluding carboxylic acids is 2. The van der Waals surface area contributed by atoms with Gasteiger partial charge in [0, 0.05) is 38.6 Å². The lowest BCUT2D eigenvalue weighted by molar-refractivity contribution is -0.116. The lowest BCUT2D eigenvalue weighted by Crippen LogP contribution is -2.30. The van der Waals surface area contributed by atoms with Crippen LogP contribution in [0.25, 0.3) is 0 Å². The van der Waals surface area contributed by atoms with Crippen molar-refractivity contribution in [1.82, 2.24) is 0 Å². The first-order valence-electron chi connectivity index (χ1n) is 12.5. The Morgan fingerprint density at radius 1 is 0.688 bits per heavy atom. The number of allylic oxidation sites excluding steroid dienone is 4. The molecule has 0 saturated heterocycles. The molecule has 0 saturated carbocycles. The van der Waals surface area contributed by atoms with E-state index < -0.39 is 0 Å². The number of hydrogen-bond acceptors (Lipinski definition) is 4. The normalized spacial score (nSPS) is 17.2. The van der Waals surface area contributed by atoms with Crippen molar-refractivity contribution in [3.63, 3.8) is 0 Å². The number of ketones is 2. The summed E-state index contributed by atoms with van der Waals surface area (Å²) >= 11 is 0. The Labute approximate surface area is 197 Å². The molecule has 0 aromatic heterocycles. The van der Waals surface area contributed by atoms with Crippen LogP contribution in [0, 0.1) is 22.7 Å². The monoisotopic (exact) mass is 448 g/mol. The van der Waals surface area contributed by atoms with Crippen molar-refractivity contribution >= 4 is 11.6 Å². The van der Waals surface area contributed by atoms with Gasteiger partial charge in [0.25, 0.3) is 0 Å². The van der Waals surface area contributed by atoms with Crippen LogP contribution < -0.4 is 0 Å². The van der Waals surface area contributed by atoms with Crippen molar-refractivity contribution in [2.24, 2.45) is 22.7 Å². The molecule has 4 nitrogen and oxygen atoms in total. The second-order valence-electron chi connectivity index (χ2n) is 11.2. The molecule has 0 N–H and O–H groups in total. The Hall–Kier alpha value is -1.26. The van der Waals surface area contributed by atoms with Crippen LogP contribution in [0.4, 0.5) is 0 Å². The molecule has 0 aromatic carbocycles. The standard InChI is InChI=1S/C28H48O4/c1-21(13-17-31-7)11-9-15-27(3,4)23-19-26(30)24(20-25(23)29)28(5,6)16-10-12-22(2)14-18-32-8/h19-22H,9-18H2,1-8H3. The van der Waals surface area contributed by atoms with Gasteiger partial charge in [-0.15, -0.1) is 0 Å². The summed E-state index contributed by atoms with van der Waals surface area (Å²) in [7, 11) is 3.47. The Morgan fingerprint density at radius 3 is 1.34 bits per heavy atom. The van der Waals surface area contributed by atoms with E-state index in [0.29, 0.717) is 23.0 Å². The summed E-state index contributed by atoms with van der Waals surface area (Å²) < 4.78 is 10.3. The zero-order chi connectivity index (χ0) is 24.4. The predicted octanol–water partition coefficient (Wildman–Crippen LogP) is 6.73. The molecule has 1 aliphatic carbocycles. The van der Waals surface area contributed by atoms with Crippen molar-refractivity contribution in [2.75, 3.05) is 27.4 Å². The number of hydrogen-bond donors (Lipinski definition) is 0. The Morgan fingerprint density at radius 2 is 1.03 bits per heavy atom. The number of carbonyl (C=O) groups is 2. The fourth-order valence-electron chi connectivity index (χ4n) is 4.60. The van der Waals surface area contributed by atoms with Gasteiger partial charge in [-0.3, -0.25) is 9.59 Å². The van der Waals surface area contributed by atoms with Gasteiger partial charge in [0.1, 0.15) is 0 Å². The fraction of sp³-hybridized carbons (Fsp3) is 0.786. The van der Waals surface area contributed by atoms with Crippen molar-refractivity contribution in [3.05, 3.63) is 23.3 Å². The molecule has 0 bridgehead atoms. The molecular weight excluding hydrogens is 400 g/mol. The summed E-state index contributed by atoms with van der Waals surface area (Å²) in [6.45, 7) is 14.4. The molecule has 0 aliphatic heterocycles. The summed E-state index contributed by atoms with van der Waals surface area (Å²) in [5.41, 5.74) is 0.743. The number of ether oxygens (including phenoxy) is 2. The molecule has 0 aromatic rings. The lowest BCUT2D eigenvalue weighted by Gasteiger charge is -2.33. The topological polar surface area (TPSA) is 52.6 Å². The molecule has 0 heterocycles. The highest BCUT2D eigenvalue weighted by atomic mass is 16.5. The third-order valence-electron chi connectivity index (χ3n) is 7.17. The van der Waals surface area contributed by atoms with Crippen molar-refractivity contribution in [2.45, 2.75) is 92.9 Å². The average molecular weight is 449 g/mol. The third-order valence-corrected chi connectivity index (χ3v) is 7.17. The molecule has 2 unspecified atom stereocenters. The maximum absolute atomic E-state index is 13.1. The van der Waals surface area contributed by atoms with Gasteiger partial charge in [0.15, 0.2) is 11.6 Å². The van der Waals surface area contributed by atoms with Crippen LogP contribution in [0.2, 0.25) is 0 Å². The summed E-state index contributed by atoms with van der Waals surface area (Å²) in [4.78, 5) is 26.1. The van der Waals surface area contributed by atoms with Crippen molar-refractivity contribution < 1.29 is 19.1 Å². The van der Waals surface area contributed by atoms with Gasteiger partial charge in [0.2, 0.25) is 0 Å². The molecule has 1 aliphatic rings. The van der Waals surface area contributed by atoms with E-state index in [-0.39, 0.29) is 22.4 Å². The van der Waals surface area contributed by atoms with Crippen LogP contribution in [0.5, 0.6) is 0 Å². The fourth-order valence-corrected chi connectivity index (χ4v) is 4.60. The highest BCUT2D eigenvalue weighted by Gasteiger charge is 2.36. The lowest BCUT2D eigenvalue weighted by atomic mass is 9.70. The van der Waals surface area contributed by atoms with Gasteiger partial charge in [-0.25, -0.2) is 0 Å². The van der Waals surface area contributed by atoms with E-state index in [4.69, 9.17) is 9.47 Å². The van der Waals surface area contributed by atoms with Gasteiger partial charge in [-0.1, -0.05) is 67.2 Å². The van der Waals surface area contributed by atoms with E-state index in [1.807, 2.05) is 0 Å². The summed E-state index contributed by atoms with van der Waals surface area (Å²) in [6.07, 6.45) is 11.5. The maximum Gasteiger partial charge on any atom is 0.182 e. The van der Waals surface area contributed by atoms with Crippen LogP contribution in [0.15, 0.2) is 23.3 Å². The largest absolute Gasteiger partial charge is 0.385 e. The van der Waals surface area contributed by atoms with Crippen LogP contribution in [-0.2, 0) is 19.1 Å². The minimum atomic E-state index is -0.295. The number of methoxy groups -OCH3 is 2. The Balaban J connectivity index is 2.69. The summed E-state index contributed by atoms with van der Waals surface area (Å²) in [5, 5.41) is 0. The van der Waals surface area contributed by atoms with Gasteiger partial charge < -0.3 is 9.47 Å². The second-order valence-corrected chi connectivity index (χ2v) is 11.2. The molecule has 0 fully saturated rings. The molecule has 32 heavy (non-hydrogen) atoms. The van der Waals surface area contributed by atoms with E-state index in [1.54, 1.807) is 26.4 Å². The first-order valence-corrected chi connectivity index (χ1v) is 12.5. The van der Waals surface area contributed by atoms with Crippen molar-refractivity contribution in [1.29, 1.82) is 0 Å². The van der Waals surface area contributed by atoms with Crippen LogP contribution in [-0.4, -0.2) is 39.0 Å². The van der Waals surface area contributed by atoms with Gasteiger partial charge in [-0.2, -0.15) is 0 Å². The molecule has 2 atom stereocenters. The maximum atomic E-state index is 13.1. The smallest absolute Gasteiger partial charge is 0.182 e. The van der Waals surface area contributed by atoms with Crippen LogP contribution in [0.3, 0.4) is 0 Å². The SMILES string of the molecule is COCCC(C)CCCC(C)(C)C1=CC(=O)C(C(C)(C)CCCC(C)CCOC)=CC1=O. The zero-order valence-corrected chi connectivity index (χ0v) is 22.0. The van der Waals surface area contributed by atoms with E-state index in [1.165, 1.54) is 0 Å². The van der Waals surface area contributed by atoms with E-state index in [0.717, 1.165) is 64.6 Å². The minimum Gasteiger partial charge on any atom is -0.385 e. The van der Waals surface area contributed by atoms with Gasteiger partial charge >= 0.3 is 0 Å². The molecule has 1 rings (SSSR count). The minimum absolute atomic E-state index is 0.0126. The Bertz CT molecular complexity index is 611. The predicted molar refractivity (Wildman–Crippen MR) is 133 cm³/mol. The highest BCUT2D eigenvalue weighted by Crippen LogP contribution is 2.40. The molecule has 0 spiro atoms. The van der Waals surface area contributed by atoms with Crippen LogP contribution >= 0.6 is 0 Å². The van der Waals surface area contributed by atoms with Crippen LogP contribution in [0.1, 0.15) is 92.9 Å². The molecule has 4 heteroatoms. The second kappa shape index (κ2) is 13.4. The zero-order valence-electron chi connectivity index (χ0n) is 22.0. The average Bonchev–Trinajstić information content (AvgIpc) is 2.71. The van der Waals surface area contributed by atoms with E-state index in [9.17, 15) is 9.59 Å². The summed E-state index contributed by atoms with van der Waals surface area (Å²) in [5.74, 6) is 1.23. The van der Waals surface area contributed by atoms with E-state index in [2.05, 4.69) is 41.5 Å². The van der Waals surface area contributed by atoms with Gasteiger partial charge in [0.05, 0.1) is 0 Å². The molecule has 0 amide bonds. The quantitative estimate of drug-likeness (QED) is 0.246. The third kappa shape index (κ3) is 9.31. The van der Waals surface area contributed by atoms with Crippen molar-refractivity contribution in [3.8, 4) is 0 Å². The first kappa shape index (κ1) is 28.8. The Kier molecular flexibility index (Phi) is 12.1. The van der Waals surface area contributed by atoms with E-state index >= 15 is 0 Å². The summed E-state index contributed by atoms with van der Waals surface area (Å²) in [6, 6.07) is 0. The highest BCUT2D eigenvalue weighted by molar-refractivity contribution is 6.20. The molecule has 184 valence electrons. The molecular formula is C28H48O4. The number of rotatable bonds is 16. The first-order chi connectivity index (χ1) is 14.9. The molecule has 0 radical (unpaired) electrons.